The molecule has 0 saturated heterocycles. The van der Waals surface area contributed by atoms with Crippen LogP contribution in [0, 0.1) is 0 Å². The van der Waals surface area contributed by atoms with Crippen molar-refractivity contribution in [1.82, 2.24) is 0 Å². The van der Waals surface area contributed by atoms with Crippen LogP contribution in [-0.4, -0.2) is 20.6 Å². The molecule has 3 rings (SSSR count). The fraction of sp³-hybridized carbons (Fsp3) is 0.238. The first kappa shape index (κ1) is 15.6. The highest BCUT2D eigenvalue weighted by Crippen LogP contribution is 2.28. The van der Waals surface area contributed by atoms with Crippen molar-refractivity contribution in [1.29, 1.82) is 0 Å². The monoisotopic (exact) mass is 304 g/mol. The van der Waals surface area contributed by atoms with Gasteiger partial charge in [-0.1, -0.05) is 54.6 Å². The van der Waals surface area contributed by atoms with E-state index in [-0.39, 0.29) is 0 Å². The molecule has 2 nitrogen and oxygen atoms in total. The molecule has 2 heteroatoms. The lowest BCUT2D eigenvalue weighted by Crippen LogP contribution is -2.15. The molecule has 0 radical (unpaired) electrons. The second kappa shape index (κ2) is 6.84. The van der Waals surface area contributed by atoms with Gasteiger partial charge in [0, 0.05) is 25.7 Å². The molecule has 0 aliphatic heterocycles. The Morgan fingerprint density at radius 1 is 0.870 bits per heavy atom. The SMILES string of the molecule is CN(C)c1ccc(CC(CN)c2cccc3ccccc23)cc1. The summed E-state index contributed by atoms with van der Waals surface area (Å²) in [5.74, 6) is 0.339. The van der Waals surface area contributed by atoms with Crippen LogP contribution in [0.4, 0.5) is 5.69 Å². The van der Waals surface area contributed by atoms with Gasteiger partial charge in [-0.3, -0.25) is 0 Å². The number of benzene rings is 3. The zero-order valence-electron chi connectivity index (χ0n) is 13.9. The normalized spacial score (nSPS) is 12.3. The minimum Gasteiger partial charge on any atom is -0.378 e. The highest BCUT2D eigenvalue weighted by Gasteiger charge is 2.13. The smallest absolute Gasteiger partial charge is 0.0361 e. The van der Waals surface area contributed by atoms with Crippen molar-refractivity contribution in [3.63, 3.8) is 0 Å². The van der Waals surface area contributed by atoms with Gasteiger partial charge in [-0.25, -0.2) is 0 Å². The largest absolute Gasteiger partial charge is 0.378 e. The predicted molar refractivity (Wildman–Crippen MR) is 100 cm³/mol. The van der Waals surface area contributed by atoms with Crippen LogP contribution in [0.25, 0.3) is 10.8 Å². The van der Waals surface area contributed by atoms with E-state index >= 15 is 0 Å². The molecule has 3 aromatic rings. The second-order valence-electron chi connectivity index (χ2n) is 6.27. The topological polar surface area (TPSA) is 29.3 Å². The van der Waals surface area contributed by atoms with Crippen molar-refractivity contribution < 1.29 is 0 Å². The molecule has 0 heterocycles. The summed E-state index contributed by atoms with van der Waals surface area (Å²) in [7, 11) is 4.13. The molecular weight excluding hydrogens is 280 g/mol. The predicted octanol–water partition coefficient (Wildman–Crippen LogP) is 4.19. The molecule has 1 atom stereocenters. The van der Waals surface area contributed by atoms with Gasteiger partial charge in [-0.05, 0) is 47.0 Å². The molecule has 0 amide bonds. The number of anilines is 1. The molecule has 118 valence electrons. The quantitative estimate of drug-likeness (QED) is 0.766. The third kappa shape index (κ3) is 3.38. The number of fused-ring (bicyclic) bond motifs is 1. The number of rotatable bonds is 5. The number of hydrogen-bond acceptors (Lipinski definition) is 2. The summed E-state index contributed by atoms with van der Waals surface area (Å²) >= 11 is 0. The van der Waals surface area contributed by atoms with Gasteiger partial charge in [0.25, 0.3) is 0 Å². The molecular formula is C21H24N2. The molecule has 1 unspecified atom stereocenters. The van der Waals surface area contributed by atoms with Gasteiger partial charge >= 0.3 is 0 Å². The molecule has 0 fully saturated rings. The first-order valence-corrected chi connectivity index (χ1v) is 8.13. The maximum atomic E-state index is 6.11. The summed E-state index contributed by atoms with van der Waals surface area (Å²) in [5.41, 5.74) is 10.0. The van der Waals surface area contributed by atoms with Crippen LogP contribution < -0.4 is 10.6 Å². The molecule has 0 aliphatic rings. The number of nitrogens with two attached hydrogens (primary N) is 1. The van der Waals surface area contributed by atoms with Gasteiger partial charge in [0.2, 0.25) is 0 Å². The van der Waals surface area contributed by atoms with Crippen LogP contribution in [0.2, 0.25) is 0 Å². The third-order valence-corrected chi connectivity index (χ3v) is 4.48. The Balaban J connectivity index is 1.90. The number of hydrogen-bond donors (Lipinski definition) is 1. The summed E-state index contributed by atoms with van der Waals surface area (Å²) in [4.78, 5) is 2.12. The van der Waals surface area contributed by atoms with Gasteiger partial charge < -0.3 is 10.6 Å². The van der Waals surface area contributed by atoms with Gasteiger partial charge in [0.15, 0.2) is 0 Å². The Kier molecular flexibility index (Phi) is 4.63. The summed E-state index contributed by atoms with van der Waals surface area (Å²) in [6, 6.07) is 23.8. The van der Waals surface area contributed by atoms with E-state index in [1.165, 1.54) is 27.6 Å². The highest BCUT2D eigenvalue weighted by molar-refractivity contribution is 5.86. The van der Waals surface area contributed by atoms with Gasteiger partial charge in [-0.2, -0.15) is 0 Å². The van der Waals surface area contributed by atoms with E-state index in [2.05, 4.69) is 85.7 Å². The van der Waals surface area contributed by atoms with Crippen molar-refractivity contribution in [2.24, 2.45) is 5.73 Å². The molecule has 0 aromatic heterocycles. The van der Waals surface area contributed by atoms with E-state index in [0.717, 1.165) is 6.42 Å². The minimum absolute atomic E-state index is 0.339. The van der Waals surface area contributed by atoms with Crippen LogP contribution in [-0.2, 0) is 6.42 Å². The van der Waals surface area contributed by atoms with Crippen molar-refractivity contribution in [3.05, 3.63) is 77.9 Å². The fourth-order valence-corrected chi connectivity index (χ4v) is 3.14. The molecule has 3 aromatic carbocycles. The zero-order valence-corrected chi connectivity index (χ0v) is 13.9. The molecule has 0 spiro atoms. The summed E-state index contributed by atoms with van der Waals surface area (Å²) in [6.45, 7) is 0.656. The molecule has 2 N–H and O–H groups in total. The average Bonchev–Trinajstić information content (AvgIpc) is 2.59. The highest BCUT2D eigenvalue weighted by atomic mass is 15.1. The van der Waals surface area contributed by atoms with E-state index in [1.54, 1.807) is 0 Å². The van der Waals surface area contributed by atoms with Gasteiger partial charge in [-0.15, -0.1) is 0 Å². The van der Waals surface area contributed by atoms with E-state index in [1.807, 2.05) is 0 Å². The molecule has 23 heavy (non-hydrogen) atoms. The summed E-state index contributed by atoms with van der Waals surface area (Å²) < 4.78 is 0. The maximum Gasteiger partial charge on any atom is 0.0361 e. The molecule has 0 aliphatic carbocycles. The van der Waals surface area contributed by atoms with E-state index in [4.69, 9.17) is 5.73 Å². The Hall–Kier alpha value is -2.32. The van der Waals surface area contributed by atoms with Crippen LogP contribution >= 0.6 is 0 Å². The van der Waals surface area contributed by atoms with Crippen molar-refractivity contribution in [2.75, 3.05) is 25.5 Å². The summed E-state index contributed by atoms with van der Waals surface area (Å²) in [6.07, 6.45) is 0.970. The van der Waals surface area contributed by atoms with Crippen molar-refractivity contribution >= 4 is 16.5 Å². The Morgan fingerprint density at radius 2 is 1.57 bits per heavy atom. The first-order chi connectivity index (χ1) is 11.2. The molecule has 0 bridgehead atoms. The van der Waals surface area contributed by atoms with Crippen molar-refractivity contribution in [2.45, 2.75) is 12.3 Å². The Morgan fingerprint density at radius 3 is 2.26 bits per heavy atom. The minimum atomic E-state index is 0.339. The lowest BCUT2D eigenvalue weighted by molar-refractivity contribution is 0.699. The second-order valence-corrected chi connectivity index (χ2v) is 6.27. The van der Waals surface area contributed by atoms with Gasteiger partial charge in [0.05, 0.1) is 0 Å². The standard InChI is InChI=1S/C21H24N2/c1-23(2)19-12-10-16(11-13-19)14-18(15-22)21-9-5-7-17-6-3-4-8-20(17)21/h3-13,18H,14-15,22H2,1-2H3. The maximum absolute atomic E-state index is 6.11. The van der Waals surface area contributed by atoms with Crippen molar-refractivity contribution in [3.8, 4) is 0 Å². The first-order valence-electron chi connectivity index (χ1n) is 8.13. The third-order valence-electron chi connectivity index (χ3n) is 4.48. The van der Waals surface area contributed by atoms with E-state index in [9.17, 15) is 0 Å². The molecule has 0 saturated carbocycles. The van der Waals surface area contributed by atoms with Crippen LogP contribution in [0.1, 0.15) is 17.0 Å². The van der Waals surface area contributed by atoms with E-state index in [0.29, 0.717) is 12.5 Å². The fourth-order valence-electron chi connectivity index (χ4n) is 3.14. The Labute approximate surface area is 138 Å². The van der Waals surface area contributed by atoms with Crippen LogP contribution in [0.5, 0.6) is 0 Å². The summed E-state index contributed by atoms with van der Waals surface area (Å²) in [5, 5.41) is 2.60. The average molecular weight is 304 g/mol. The van der Waals surface area contributed by atoms with Gasteiger partial charge in [0.1, 0.15) is 0 Å². The Bertz CT molecular complexity index is 770. The zero-order chi connectivity index (χ0) is 16.2. The van der Waals surface area contributed by atoms with E-state index < -0.39 is 0 Å². The van der Waals surface area contributed by atoms with Crippen LogP contribution in [0.3, 0.4) is 0 Å². The van der Waals surface area contributed by atoms with Crippen LogP contribution in [0.15, 0.2) is 66.7 Å². The number of nitrogens with zero attached hydrogens (tertiary/aromatic N) is 1. The lowest BCUT2D eigenvalue weighted by atomic mass is 9.88. The lowest BCUT2D eigenvalue weighted by Gasteiger charge is -2.19.